The molecular weight excluding hydrogens is 208 g/mol. The van der Waals surface area contributed by atoms with Gasteiger partial charge < -0.3 is 5.11 Å². The summed E-state index contributed by atoms with van der Waals surface area (Å²) in [4.78, 5) is 12.5. The van der Waals surface area contributed by atoms with Crippen LogP contribution in [-0.2, 0) is 4.79 Å². The number of hydrogen-bond donors (Lipinski definition) is 1. The van der Waals surface area contributed by atoms with Crippen LogP contribution in [0, 0.1) is 0 Å². The van der Waals surface area contributed by atoms with Crippen LogP contribution in [0.1, 0.15) is 19.8 Å². The Morgan fingerprint density at radius 2 is 2.07 bits per heavy atom. The molecule has 0 heterocycles. The minimum Gasteiger partial charge on any atom is -0.393 e. The summed E-state index contributed by atoms with van der Waals surface area (Å²) >= 11 is 1.55. The van der Waals surface area contributed by atoms with Crippen LogP contribution in [0.15, 0.2) is 35.2 Å². The quantitative estimate of drug-likeness (QED) is 0.754. The van der Waals surface area contributed by atoms with Crippen molar-refractivity contribution in [2.24, 2.45) is 0 Å². The molecule has 3 heteroatoms. The van der Waals surface area contributed by atoms with Crippen LogP contribution in [-0.4, -0.2) is 22.7 Å². The number of carbonyl (C=O) groups excluding carboxylic acids is 1. The molecule has 0 amide bonds. The molecule has 1 unspecified atom stereocenters. The van der Waals surface area contributed by atoms with Crippen LogP contribution in [0.25, 0.3) is 0 Å². The number of Topliss-reactive ketones (excluding diaryl/α,β-unsaturated/α-hetero) is 1. The SMILES string of the molecule is CC(O)CCC(=O)CSc1ccccc1. The molecule has 0 radical (unpaired) electrons. The van der Waals surface area contributed by atoms with E-state index in [9.17, 15) is 4.79 Å². The second-order valence-corrected chi connectivity index (χ2v) is 4.58. The first-order valence-electron chi connectivity index (χ1n) is 5.06. The third-order valence-electron chi connectivity index (χ3n) is 1.98. The van der Waals surface area contributed by atoms with E-state index < -0.39 is 0 Å². The van der Waals surface area contributed by atoms with E-state index in [1.165, 1.54) is 0 Å². The maximum absolute atomic E-state index is 11.4. The third-order valence-corrected chi connectivity index (χ3v) is 3.06. The van der Waals surface area contributed by atoms with Gasteiger partial charge in [0, 0.05) is 11.3 Å². The van der Waals surface area contributed by atoms with Crippen molar-refractivity contribution in [2.75, 3.05) is 5.75 Å². The smallest absolute Gasteiger partial charge is 0.143 e. The van der Waals surface area contributed by atoms with Gasteiger partial charge in [0.05, 0.1) is 11.9 Å². The second kappa shape index (κ2) is 6.64. The first-order valence-corrected chi connectivity index (χ1v) is 6.04. The summed E-state index contributed by atoms with van der Waals surface area (Å²) in [5.41, 5.74) is 0. The van der Waals surface area contributed by atoms with Gasteiger partial charge in [-0.2, -0.15) is 0 Å². The highest BCUT2D eigenvalue weighted by Crippen LogP contribution is 2.17. The number of aliphatic hydroxyl groups is 1. The normalized spacial score (nSPS) is 12.4. The average molecular weight is 224 g/mol. The molecule has 0 fully saturated rings. The van der Waals surface area contributed by atoms with Gasteiger partial charge in [0.15, 0.2) is 0 Å². The second-order valence-electron chi connectivity index (χ2n) is 3.53. The van der Waals surface area contributed by atoms with Crippen molar-refractivity contribution in [1.29, 1.82) is 0 Å². The lowest BCUT2D eigenvalue weighted by atomic mass is 10.2. The molecule has 15 heavy (non-hydrogen) atoms. The van der Waals surface area contributed by atoms with Crippen molar-refractivity contribution in [1.82, 2.24) is 0 Å². The van der Waals surface area contributed by atoms with E-state index in [0.717, 1.165) is 4.90 Å². The standard InChI is InChI=1S/C12H16O2S/c1-10(13)7-8-11(14)9-15-12-5-3-2-4-6-12/h2-6,10,13H,7-9H2,1H3. The summed E-state index contributed by atoms with van der Waals surface area (Å²) in [7, 11) is 0. The van der Waals surface area contributed by atoms with Crippen LogP contribution in [0.3, 0.4) is 0 Å². The molecule has 0 aliphatic rings. The molecule has 1 aromatic carbocycles. The third kappa shape index (κ3) is 5.60. The van der Waals surface area contributed by atoms with E-state index in [2.05, 4.69) is 0 Å². The van der Waals surface area contributed by atoms with Crippen molar-refractivity contribution in [3.05, 3.63) is 30.3 Å². The van der Waals surface area contributed by atoms with Crippen molar-refractivity contribution in [2.45, 2.75) is 30.8 Å². The van der Waals surface area contributed by atoms with Crippen LogP contribution in [0.2, 0.25) is 0 Å². The Balaban J connectivity index is 2.23. The number of carbonyl (C=O) groups is 1. The monoisotopic (exact) mass is 224 g/mol. The molecule has 0 saturated heterocycles. The minimum atomic E-state index is -0.379. The summed E-state index contributed by atoms with van der Waals surface area (Å²) < 4.78 is 0. The fraction of sp³-hybridized carbons (Fsp3) is 0.417. The summed E-state index contributed by atoms with van der Waals surface area (Å²) in [6.07, 6.45) is 0.654. The molecule has 0 aromatic heterocycles. The number of benzene rings is 1. The molecule has 0 aliphatic carbocycles. The summed E-state index contributed by atoms with van der Waals surface area (Å²) in [6, 6.07) is 9.86. The molecule has 82 valence electrons. The number of aliphatic hydroxyl groups excluding tert-OH is 1. The zero-order valence-corrected chi connectivity index (χ0v) is 9.67. The van der Waals surface area contributed by atoms with E-state index in [1.54, 1.807) is 18.7 Å². The molecule has 1 atom stereocenters. The van der Waals surface area contributed by atoms with Gasteiger partial charge in [-0.3, -0.25) is 4.79 Å². The van der Waals surface area contributed by atoms with Crippen molar-refractivity contribution in [3.63, 3.8) is 0 Å². The minimum absolute atomic E-state index is 0.199. The highest BCUT2D eigenvalue weighted by Gasteiger charge is 2.05. The Hall–Kier alpha value is -0.800. The summed E-state index contributed by atoms with van der Waals surface area (Å²) in [5.74, 6) is 0.696. The molecular formula is C12H16O2S. The number of hydrogen-bond acceptors (Lipinski definition) is 3. The van der Waals surface area contributed by atoms with E-state index >= 15 is 0 Å². The Morgan fingerprint density at radius 3 is 2.67 bits per heavy atom. The van der Waals surface area contributed by atoms with E-state index in [-0.39, 0.29) is 11.9 Å². The highest BCUT2D eigenvalue weighted by atomic mass is 32.2. The predicted octanol–water partition coefficient (Wildman–Crippen LogP) is 2.51. The van der Waals surface area contributed by atoms with Gasteiger partial charge in [0.25, 0.3) is 0 Å². The maximum Gasteiger partial charge on any atom is 0.143 e. The van der Waals surface area contributed by atoms with Crippen molar-refractivity contribution < 1.29 is 9.90 Å². The molecule has 0 aliphatic heterocycles. The van der Waals surface area contributed by atoms with Gasteiger partial charge in [-0.25, -0.2) is 0 Å². The summed E-state index contributed by atoms with van der Waals surface area (Å²) in [6.45, 7) is 1.71. The van der Waals surface area contributed by atoms with Crippen LogP contribution >= 0.6 is 11.8 Å². The first-order chi connectivity index (χ1) is 7.18. The van der Waals surface area contributed by atoms with Crippen molar-refractivity contribution in [3.8, 4) is 0 Å². The Labute approximate surface area is 94.7 Å². The largest absolute Gasteiger partial charge is 0.393 e. The molecule has 0 bridgehead atoms. The number of ketones is 1. The topological polar surface area (TPSA) is 37.3 Å². The fourth-order valence-corrected chi connectivity index (χ4v) is 1.94. The fourth-order valence-electron chi connectivity index (χ4n) is 1.12. The Kier molecular flexibility index (Phi) is 5.43. The highest BCUT2D eigenvalue weighted by molar-refractivity contribution is 8.00. The Morgan fingerprint density at radius 1 is 1.40 bits per heavy atom. The lowest BCUT2D eigenvalue weighted by molar-refractivity contribution is -0.117. The summed E-state index contributed by atoms with van der Waals surface area (Å²) in [5, 5.41) is 9.03. The maximum atomic E-state index is 11.4. The van der Waals surface area contributed by atoms with E-state index in [1.807, 2.05) is 30.3 Å². The molecule has 0 spiro atoms. The lowest BCUT2D eigenvalue weighted by Gasteiger charge is -2.03. The van der Waals surface area contributed by atoms with Crippen LogP contribution in [0.5, 0.6) is 0 Å². The molecule has 2 nitrogen and oxygen atoms in total. The van der Waals surface area contributed by atoms with Gasteiger partial charge in [0.2, 0.25) is 0 Å². The number of rotatable bonds is 6. The zero-order chi connectivity index (χ0) is 11.1. The van der Waals surface area contributed by atoms with E-state index in [4.69, 9.17) is 5.11 Å². The average Bonchev–Trinajstić information content (AvgIpc) is 2.25. The van der Waals surface area contributed by atoms with Gasteiger partial charge in [0.1, 0.15) is 5.78 Å². The first kappa shape index (κ1) is 12.3. The molecule has 1 N–H and O–H groups in total. The van der Waals surface area contributed by atoms with Crippen LogP contribution < -0.4 is 0 Å². The predicted molar refractivity (Wildman–Crippen MR) is 63.1 cm³/mol. The molecule has 0 saturated carbocycles. The van der Waals surface area contributed by atoms with Crippen LogP contribution in [0.4, 0.5) is 0 Å². The van der Waals surface area contributed by atoms with Crippen molar-refractivity contribution >= 4 is 17.5 Å². The zero-order valence-electron chi connectivity index (χ0n) is 8.85. The van der Waals surface area contributed by atoms with E-state index in [0.29, 0.717) is 18.6 Å². The van der Waals surface area contributed by atoms with Gasteiger partial charge in [-0.05, 0) is 25.5 Å². The molecule has 1 aromatic rings. The lowest BCUT2D eigenvalue weighted by Crippen LogP contribution is -2.07. The van der Waals surface area contributed by atoms with Gasteiger partial charge in [-0.15, -0.1) is 11.8 Å². The Bertz CT molecular complexity index is 296. The van der Waals surface area contributed by atoms with Gasteiger partial charge in [-0.1, -0.05) is 18.2 Å². The van der Waals surface area contributed by atoms with Gasteiger partial charge >= 0.3 is 0 Å². The number of thioether (sulfide) groups is 1. The molecule has 1 rings (SSSR count).